The standard InChI is InChI=1S/C9H9Cl2NO3/c10-5-2-1-4(3-6(5)11)8(13)7(12)9(14)15/h1-3,7-8,13H,12H2,(H,14,15)/t7-,8?/m0/s1. The van der Waals surface area contributed by atoms with Gasteiger partial charge in [-0.05, 0) is 17.7 Å². The number of aliphatic hydroxyl groups excluding tert-OH is 1. The van der Waals surface area contributed by atoms with Crippen molar-refractivity contribution in [3.05, 3.63) is 33.8 Å². The van der Waals surface area contributed by atoms with Gasteiger partial charge in [-0.1, -0.05) is 29.3 Å². The van der Waals surface area contributed by atoms with Crippen LogP contribution in [0.5, 0.6) is 0 Å². The summed E-state index contributed by atoms with van der Waals surface area (Å²) in [5.41, 5.74) is 5.57. The van der Waals surface area contributed by atoms with Gasteiger partial charge in [0.1, 0.15) is 12.1 Å². The molecule has 82 valence electrons. The molecule has 0 amide bonds. The van der Waals surface area contributed by atoms with Crippen LogP contribution in [-0.4, -0.2) is 22.2 Å². The van der Waals surface area contributed by atoms with E-state index in [9.17, 15) is 9.90 Å². The van der Waals surface area contributed by atoms with Crippen molar-refractivity contribution < 1.29 is 15.0 Å². The summed E-state index contributed by atoms with van der Waals surface area (Å²) in [7, 11) is 0. The van der Waals surface area contributed by atoms with Crippen molar-refractivity contribution in [2.45, 2.75) is 12.1 Å². The molecule has 0 saturated carbocycles. The van der Waals surface area contributed by atoms with E-state index in [1.54, 1.807) is 0 Å². The molecule has 2 atom stereocenters. The average Bonchev–Trinajstić information content (AvgIpc) is 2.19. The van der Waals surface area contributed by atoms with Crippen LogP contribution in [0.25, 0.3) is 0 Å². The van der Waals surface area contributed by atoms with Gasteiger partial charge in [-0.15, -0.1) is 0 Å². The number of halogens is 2. The molecule has 1 rings (SSSR count). The van der Waals surface area contributed by atoms with Crippen molar-refractivity contribution in [3.8, 4) is 0 Å². The Morgan fingerprint density at radius 2 is 1.93 bits per heavy atom. The molecule has 1 aromatic carbocycles. The number of rotatable bonds is 3. The van der Waals surface area contributed by atoms with E-state index in [0.717, 1.165) is 0 Å². The van der Waals surface area contributed by atoms with E-state index in [4.69, 9.17) is 34.0 Å². The lowest BCUT2D eigenvalue weighted by Gasteiger charge is -2.15. The van der Waals surface area contributed by atoms with Gasteiger partial charge in [-0.2, -0.15) is 0 Å². The molecular weight excluding hydrogens is 241 g/mol. The fourth-order valence-corrected chi connectivity index (χ4v) is 1.35. The molecule has 1 unspecified atom stereocenters. The molecule has 4 N–H and O–H groups in total. The Kier molecular flexibility index (Phi) is 3.93. The highest BCUT2D eigenvalue weighted by molar-refractivity contribution is 6.42. The summed E-state index contributed by atoms with van der Waals surface area (Å²) in [4.78, 5) is 10.5. The number of carboxylic acids is 1. The quantitative estimate of drug-likeness (QED) is 0.757. The summed E-state index contributed by atoms with van der Waals surface area (Å²) in [6.45, 7) is 0. The summed E-state index contributed by atoms with van der Waals surface area (Å²) in [6, 6.07) is 2.94. The number of hydrogen-bond donors (Lipinski definition) is 3. The van der Waals surface area contributed by atoms with Gasteiger partial charge in [0.25, 0.3) is 0 Å². The van der Waals surface area contributed by atoms with Gasteiger partial charge in [-0.25, -0.2) is 0 Å². The summed E-state index contributed by atoms with van der Waals surface area (Å²) in [6.07, 6.45) is -1.31. The largest absolute Gasteiger partial charge is 0.480 e. The molecule has 0 aliphatic heterocycles. The zero-order valence-corrected chi connectivity index (χ0v) is 9.03. The van der Waals surface area contributed by atoms with Gasteiger partial charge in [0.15, 0.2) is 0 Å². The van der Waals surface area contributed by atoms with E-state index in [1.165, 1.54) is 18.2 Å². The molecular formula is C9H9Cl2NO3. The van der Waals surface area contributed by atoms with Gasteiger partial charge in [-0.3, -0.25) is 4.79 Å². The number of benzene rings is 1. The van der Waals surface area contributed by atoms with Gasteiger partial charge in [0.05, 0.1) is 10.0 Å². The SMILES string of the molecule is N[C@H](C(=O)O)C(O)c1ccc(Cl)c(Cl)c1. The summed E-state index contributed by atoms with van der Waals surface area (Å²) in [5, 5.41) is 18.7. The molecule has 0 aliphatic rings. The Morgan fingerprint density at radius 3 is 2.40 bits per heavy atom. The van der Waals surface area contributed by atoms with E-state index >= 15 is 0 Å². The average molecular weight is 250 g/mol. The van der Waals surface area contributed by atoms with E-state index in [1.807, 2.05) is 0 Å². The van der Waals surface area contributed by atoms with Crippen LogP contribution in [0, 0.1) is 0 Å². The molecule has 15 heavy (non-hydrogen) atoms. The maximum Gasteiger partial charge on any atom is 0.323 e. The third-order valence-corrected chi connectivity index (χ3v) is 2.65. The molecule has 1 aromatic rings. The maximum absolute atomic E-state index is 10.5. The molecule has 0 radical (unpaired) electrons. The molecule has 0 bridgehead atoms. The highest BCUT2D eigenvalue weighted by atomic mass is 35.5. The van der Waals surface area contributed by atoms with Gasteiger partial charge in [0.2, 0.25) is 0 Å². The molecule has 0 saturated heterocycles. The van der Waals surface area contributed by atoms with Crippen molar-refractivity contribution in [2.75, 3.05) is 0 Å². The summed E-state index contributed by atoms with van der Waals surface area (Å²) in [5.74, 6) is -1.28. The van der Waals surface area contributed by atoms with Crippen LogP contribution in [-0.2, 0) is 4.79 Å². The second-order valence-corrected chi connectivity index (χ2v) is 3.80. The van der Waals surface area contributed by atoms with E-state index in [2.05, 4.69) is 0 Å². The van der Waals surface area contributed by atoms with Crippen LogP contribution in [0.2, 0.25) is 10.0 Å². The second kappa shape index (κ2) is 4.81. The number of aliphatic carboxylic acids is 1. The number of aliphatic hydroxyl groups is 1. The molecule has 6 heteroatoms. The van der Waals surface area contributed by atoms with E-state index < -0.39 is 18.1 Å². The maximum atomic E-state index is 10.5. The Morgan fingerprint density at radius 1 is 1.33 bits per heavy atom. The van der Waals surface area contributed by atoms with Crippen LogP contribution in [0.1, 0.15) is 11.7 Å². The lowest BCUT2D eigenvalue weighted by Crippen LogP contribution is -2.36. The normalized spacial score (nSPS) is 14.7. The first kappa shape index (κ1) is 12.3. The van der Waals surface area contributed by atoms with Crippen LogP contribution in [0.4, 0.5) is 0 Å². The van der Waals surface area contributed by atoms with Crippen molar-refractivity contribution >= 4 is 29.2 Å². The van der Waals surface area contributed by atoms with Crippen molar-refractivity contribution in [1.29, 1.82) is 0 Å². The van der Waals surface area contributed by atoms with Crippen molar-refractivity contribution in [1.82, 2.24) is 0 Å². The fourth-order valence-electron chi connectivity index (χ4n) is 1.04. The Labute approximate surface area is 96.2 Å². The number of nitrogens with two attached hydrogens (primary N) is 1. The minimum Gasteiger partial charge on any atom is -0.480 e. The van der Waals surface area contributed by atoms with E-state index in [0.29, 0.717) is 10.6 Å². The van der Waals surface area contributed by atoms with Crippen LogP contribution in [0.3, 0.4) is 0 Å². The Bertz CT molecular complexity index is 384. The first-order valence-corrected chi connectivity index (χ1v) is 4.80. The van der Waals surface area contributed by atoms with Gasteiger partial charge >= 0.3 is 5.97 Å². The molecule has 4 nitrogen and oxygen atoms in total. The highest BCUT2D eigenvalue weighted by Gasteiger charge is 2.23. The number of carbonyl (C=O) groups is 1. The third-order valence-electron chi connectivity index (χ3n) is 1.91. The molecule has 0 spiro atoms. The molecule has 0 aromatic heterocycles. The van der Waals surface area contributed by atoms with Crippen LogP contribution < -0.4 is 5.73 Å². The second-order valence-electron chi connectivity index (χ2n) is 2.98. The minimum atomic E-state index is -1.39. The predicted molar refractivity (Wildman–Crippen MR) is 57.0 cm³/mol. The van der Waals surface area contributed by atoms with E-state index in [-0.39, 0.29) is 5.02 Å². The highest BCUT2D eigenvalue weighted by Crippen LogP contribution is 2.26. The smallest absolute Gasteiger partial charge is 0.323 e. The van der Waals surface area contributed by atoms with Gasteiger partial charge < -0.3 is 15.9 Å². The minimum absolute atomic E-state index is 0.241. The molecule has 0 heterocycles. The predicted octanol–water partition coefficient (Wildman–Crippen LogP) is 1.44. The van der Waals surface area contributed by atoms with Crippen molar-refractivity contribution in [3.63, 3.8) is 0 Å². The van der Waals surface area contributed by atoms with Crippen molar-refractivity contribution in [2.24, 2.45) is 5.73 Å². The lowest BCUT2D eigenvalue weighted by atomic mass is 10.0. The lowest BCUT2D eigenvalue weighted by molar-refractivity contribution is -0.141. The zero-order valence-electron chi connectivity index (χ0n) is 7.52. The van der Waals surface area contributed by atoms with Crippen LogP contribution >= 0.6 is 23.2 Å². The summed E-state index contributed by atoms with van der Waals surface area (Å²) < 4.78 is 0. The molecule has 0 fully saturated rings. The first-order chi connectivity index (χ1) is 6.93. The third kappa shape index (κ3) is 2.82. The fraction of sp³-hybridized carbons (Fsp3) is 0.222. The summed E-state index contributed by atoms with van der Waals surface area (Å²) >= 11 is 11.4. The monoisotopic (exact) mass is 249 g/mol. The van der Waals surface area contributed by atoms with Crippen LogP contribution in [0.15, 0.2) is 18.2 Å². The Hall–Kier alpha value is -0.810. The van der Waals surface area contributed by atoms with Gasteiger partial charge in [0, 0.05) is 0 Å². The topological polar surface area (TPSA) is 83.6 Å². The first-order valence-electron chi connectivity index (χ1n) is 4.05. The molecule has 0 aliphatic carbocycles. The number of carboxylic acid groups (broad SMARTS) is 1. The number of hydrogen-bond acceptors (Lipinski definition) is 3. The zero-order chi connectivity index (χ0) is 11.6. The Balaban J connectivity index is 2.96.